The first-order valence-corrected chi connectivity index (χ1v) is 10.5. The van der Waals surface area contributed by atoms with Crippen molar-refractivity contribution in [3.63, 3.8) is 0 Å². The van der Waals surface area contributed by atoms with E-state index in [-0.39, 0.29) is 17.8 Å². The average molecular weight is 440 g/mol. The van der Waals surface area contributed by atoms with Crippen LogP contribution in [0.3, 0.4) is 0 Å². The second-order valence-electron chi connectivity index (χ2n) is 6.64. The Balaban J connectivity index is 1.41. The zero-order valence-electron chi connectivity index (χ0n) is 16.0. The van der Waals surface area contributed by atoms with Crippen LogP contribution in [0.1, 0.15) is 6.92 Å². The smallest absolute Gasteiger partial charge is 0.278 e. The monoisotopic (exact) mass is 439 g/mol. The Labute approximate surface area is 182 Å². The van der Waals surface area contributed by atoms with E-state index in [9.17, 15) is 9.59 Å². The molecule has 0 spiro atoms. The molecule has 0 radical (unpaired) electrons. The quantitative estimate of drug-likeness (QED) is 0.597. The van der Waals surface area contributed by atoms with E-state index in [4.69, 9.17) is 16.3 Å². The minimum absolute atomic E-state index is 0.109. The number of carbonyl (C=O) groups is 2. The number of carbonyl (C=O) groups excluding carboxylic acids is 2. The number of anilines is 1. The van der Waals surface area contributed by atoms with Crippen LogP contribution in [0.15, 0.2) is 71.8 Å². The van der Waals surface area contributed by atoms with Gasteiger partial charge in [0, 0.05) is 5.02 Å². The van der Waals surface area contributed by atoms with Crippen LogP contribution in [-0.4, -0.2) is 28.8 Å². The highest BCUT2D eigenvalue weighted by Crippen LogP contribution is 2.32. The normalized spacial score (nSPS) is 17.5. The highest BCUT2D eigenvalue weighted by atomic mass is 35.5. The van der Waals surface area contributed by atoms with Gasteiger partial charge in [-0.25, -0.2) is 5.43 Å². The Hall–Kier alpha value is -3.03. The molecule has 3 aromatic rings. The lowest BCUT2D eigenvalue weighted by Crippen LogP contribution is -2.33. The number of amides is 2. The van der Waals surface area contributed by atoms with Crippen LogP contribution in [0.2, 0.25) is 5.02 Å². The van der Waals surface area contributed by atoms with E-state index in [0.717, 1.165) is 10.8 Å². The topological polar surface area (TPSA) is 71.0 Å². The van der Waals surface area contributed by atoms with E-state index >= 15 is 0 Å². The number of hydrogen-bond donors (Lipinski definition) is 1. The van der Waals surface area contributed by atoms with Gasteiger partial charge in [0.05, 0.1) is 10.9 Å². The van der Waals surface area contributed by atoms with Crippen molar-refractivity contribution in [2.75, 3.05) is 11.5 Å². The van der Waals surface area contributed by atoms with Crippen molar-refractivity contribution in [1.82, 2.24) is 5.43 Å². The Morgan fingerprint density at radius 3 is 2.63 bits per heavy atom. The van der Waals surface area contributed by atoms with Crippen LogP contribution < -0.4 is 15.1 Å². The summed E-state index contributed by atoms with van der Waals surface area (Å²) in [4.78, 5) is 26.2. The van der Waals surface area contributed by atoms with Crippen LogP contribution in [0.5, 0.6) is 5.75 Å². The fourth-order valence-corrected chi connectivity index (χ4v) is 4.04. The van der Waals surface area contributed by atoms with Crippen LogP contribution >= 0.6 is 23.4 Å². The van der Waals surface area contributed by atoms with Gasteiger partial charge in [0.15, 0.2) is 11.8 Å². The lowest BCUT2D eigenvalue weighted by atomic mass is 10.1. The van der Waals surface area contributed by atoms with Crippen molar-refractivity contribution in [2.24, 2.45) is 5.10 Å². The molecule has 0 saturated carbocycles. The molecule has 1 atom stereocenters. The molecular weight excluding hydrogens is 422 g/mol. The van der Waals surface area contributed by atoms with Crippen LogP contribution in [0.25, 0.3) is 10.8 Å². The summed E-state index contributed by atoms with van der Waals surface area (Å²) in [6, 6.07) is 20.4. The number of halogens is 1. The molecule has 152 valence electrons. The van der Waals surface area contributed by atoms with E-state index in [1.54, 1.807) is 31.2 Å². The molecule has 1 N–H and O–H groups in total. The summed E-state index contributed by atoms with van der Waals surface area (Å²) in [7, 11) is 0. The Bertz CT molecular complexity index is 1130. The first-order chi connectivity index (χ1) is 14.5. The molecule has 2 amide bonds. The highest BCUT2D eigenvalue weighted by Gasteiger charge is 2.36. The predicted molar refractivity (Wildman–Crippen MR) is 121 cm³/mol. The van der Waals surface area contributed by atoms with E-state index in [2.05, 4.69) is 10.5 Å². The number of benzene rings is 3. The SMILES string of the molecule is CC1SC(=NNC(=O)COc2ccc3ccccc3c2)N(c2ccc(Cl)cc2)C1=O. The van der Waals surface area contributed by atoms with Gasteiger partial charge < -0.3 is 4.74 Å². The van der Waals surface area contributed by atoms with E-state index in [1.807, 2.05) is 42.5 Å². The van der Waals surface area contributed by atoms with Gasteiger partial charge in [0.1, 0.15) is 5.75 Å². The summed E-state index contributed by atoms with van der Waals surface area (Å²) in [6.07, 6.45) is 0. The summed E-state index contributed by atoms with van der Waals surface area (Å²) in [5.74, 6) is 0.0698. The molecule has 0 bridgehead atoms. The first-order valence-electron chi connectivity index (χ1n) is 9.25. The molecule has 1 heterocycles. The fourth-order valence-electron chi connectivity index (χ4n) is 2.99. The minimum Gasteiger partial charge on any atom is -0.484 e. The van der Waals surface area contributed by atoms with Crippen molar-refractivity contribution in [1.29, 1.82) is 0 Å². The number of amidine groups is 1. The molecule has 8 heteroatoms. The molecule has 0 aliphatic carbocycles. The van der Waals surface area contributed by atoms with Crippen LogP contribution in [0, 0.1) is 0 Å². The molecule has 6 nitrogen and oxygen atoms in total. The van der Waals surface area contributed by atoms with Crippen molar-refractivity contribution in [2.45, 2.75) is 12.2 Å². The molecule has 1 aliphatic heterocycles. The minimum atomic E-state index is -0.417. The molecule has 0 aromatic heterocycles. The lowest BCUT2D eigenvalue weighted by molar-refractivity contribution is -0.123. The van der Waals surface area contributed by atoms with Gasteiger partial charge in [-0.1, -0.05) is 53.7 Å². The first kappa shape index (κ1) is 20.3. The predicted octanol–water partition coefficient (Wildman–Crippen LogP) is 4.43. The molecule has 3 aromatic carbocycles. The largest absolute Gasteiger partial charge is 0.484 e. The van der Waals surface area contributed by atoms with Gasteiger partial charge >= 0.3 is 0 Å². The Morgan fingerprint density at radius 2 is 1.87 bits per heavy atom. The number of nitrogens with zero attached hydrogens (tertiary/aromatic N) is 2. The third-order valence-electron chi connectivity index (χ3n) is 4.49. The second-order valence-corrected chi connectivity index (χ2v) is 8.38. The summed E-state index contributed by atoms with van der Waals surface area (Å²) in [5, 5.41) is 6.94. The Kier molecular flexibility index (Phi) is 5.92. The van der Waals surface area contributed by atoms with E-state index in [1.165, 1.54) is 16.7 Å². The second kappa shape index (κ2) is 8.77. The highest BCUT2D eigenvalue weighted by molar-refractivity contribution is 8.16. The van der Waals surface area contributed by atoms with E-state index in [0.29, 0.717) is 21.6 Å². The summed E-state index contributed by atoms with van der Waals surface area (Å²) in [6.45, 7) is 1.60. The number of fused-ring (bicyclic) bond motifs is 1. The van der Waals surface area contributed by atoms with Crippen molar-refractivity contribution in [3.8, 4) is 5.75 Å². The molecule has 1 saturated heterocycles. The van der Waals surface area contributed by atoms with Gasteiger partial charge in [0.25, 0.3) is 5.91 Å². The van der Waals surface area contributed by atoms with Gasteiger partial charge in [-0.2, -0.15) is 0 Å². The zero-order chi connectivity index (χ0) is 21.1. The molecule has 1 unspecified atom stereocenters. The zero-order valence-corrected chi connectivity index (χ0v) is 17.6. The van der Waals surface area contributed by atoms with E-state index < -0.39 is 5.91 Å². The maximum atomic E-state index is 12.5. The van der Waals surface area contributed by atoms with Crippen LogP contribution in [-0.2, 0) is 9.59 Å². The van der Waals surface area contributed by atoms with Gasteiger partial charge in [-0.3, -0.25) is 14.5 Å². The molecule has 1 aliphatic rings. The third kappa shape index (κ3) is 4.42. The number of ether oxygens (including phenoxy) is 1. The number of thioether (sulfide) groups is 1. The molecule has 4 rings (SSSR count). The molecule has 1 fully saturated rings. The Morgan fingerprint density at radius 1 is 1.13 bits per heavy atom. The number of hydrazone groups is 1. The summed E-state index contributed by atoms with van der Waals surface area (Å²) in [5.41, 5.74) is 3.11. The summed E-state index contributed by atoms with van der Waals surface area (Å²) >= 11 is 7.21. The molecule has 30 heavy (non-hydrogen) atoms. The summed E-state index contributed by atoms with van der Waals surface area (Å²) < 4.78 is 5.57. The van der Waals surface area contributed by atoms with Crippen molar-refractivity contribution in [3.05, 3.63) is 71.8 Å². The molecular formula is C22H18ClN3O3S. The average Bonchev–Trinajstić information content (AvgIpc) is 3.04. The standard InChI is InChI=1S/C22H18ClN3O3S/c1-14-21(28)26(18-9-7-17(23)8-10-18)22(30-14)25-24-20(27)13-29-19-11-6-15-4-2-3-5-16(15)12-19/h2-12,14H,13H2,1H3,(H,24,27). The van der Waals surface area contributed by atoms with Crippen LogP contribution in [0.4, 0.5) is 5.69 Å². The van der Waals surface area contributed by atoms with Crippen molar-refractivity contribution < 1.29 is 14.3 Å². The van der Waals surface area contributed by atoms with Gasteiger partial charge in [-0.05, 0) is 54.1 Å². The fraction of sp³-hybridized carbons (Fsp3) is 0.136. The third-order valence-corrected chi connectivity index (χ3v) is 5.79. The van der Waals surface area contributed by atoms with Gasteiger partial charge in [-0.15, -0.1) is 5.10 Å². The number of rotatable bonds is 5. The lowest BCUT2D eigenvalue weighted by Gasteiger charge is -2.16. The maximum Gasteiger partial charge on any atom is 0.278 e. The van der Waals surface area contributed by atoms with Gasteiger partial charge in [0.2, 0.25) is 5.91 Å². The maximum absolute atomic E-state index is 12.5. The van der Waals surface area contributed by atoms with Crippen molar-refractivity contribution >= 4 is 56.8 Å². The number of hydrogen-bond acceptors (Lipinski definition) is 5. The number of nitrogens with one attached hydrogen (secondary N) is 1.